The van der Waals surface area contributed by atoms with Gasteiger partial charge in [-0.3, -0.25) is 4.79 Å². The van der Waals surface area contributed by atoms with Crippen LogP contribution in [0.1, 0.15) is 43.0 Å². The van der Waals surface area contributed by atoms with E-state index in [2.05, 4.69) is 17.6 Å². The lowest BCUT2D eigenvalue weighted by atomic mass is 9.87. The van der Waals surface area contributed by atoms with Gasteiger partial charge in [0.1, 0.15) is 0 Å². The van der Waals surface area contributed by atoms with E-state index >= 15 is 0 Å². The summed E-state index contributed by atoms with van der Waals surface area (Å²) in [6.45, 7) is 3.80. The fraction of sp³-hybridized carbons (Fsp3) is 0.562. The molecule has 1 aliphatic rings. The summed E-state index contributed by atoms with van der Waals surface area (Å²) in [7, 11) is 0. The van der Waals surface area contributed by atoms with E-state index in [-0.39, 0.29) is 5.91 Å². The molecule has 0 saturated heterocycles. The molecule has 1 aromatic rings. The van der Waals surface area contributed by atoms with Gasteiger partial charge in [-0.15, -0.1) is 0 Å². The Bertz CT molecular complexity index is 433. The van der Waals surface area contributed by atoms with Crippen molar-refractivity contribution in [1.82, 2.24) is 10.6 Å². The van der Waals surface area contributed by atoms with Crippen molar-refractivity contribution in [3.63, 3.8) is 0 Å². The summed E-state index contributed by atoms with van der Waals surface area (Å²) in [5.41, 5.74) is 0.653. The largest absolute Gasteiger partial charge is 0.351 e. The molecule has 1 saturated carbocycles. The average Bonchev–Trinajstić information content (AvgIpc) is 2.44. The van der Waals surface area contributed by atoms with E-state index < -0.39 is 0 Å². The van der Waals surface area contributed by atoms with Gasteiger partial charge in [0.25, 0.3) is 5.91 Å². The maximum absolute atomic E-state index is 11.9. The molecule has 20 heavy (non-hydrogen) atoms. The molecule has 1 fully saturated rings. The number of nitrogens with one attached hydrogen (secondary N) is 2. The standard InChI is InChI=1S/C16H23ClN2O/c1-12-3-2-4-15(11-12)18-9-10-19-16(20)13-5-7-14(17)8-6-13/h5-8,12,15,18H,2-4,9-11H2,1H3,(H,19,20)/t12-,15+/m1/s1. The van der Waals surface area contributed by atoms with Crippen LogP contribution in [0.4, 0.5) is 0 Å². The van der Waals surface area contributed by atoms with Gasteiger partial charge in [0.05, 0.1) is 0 Å². The van der Waals surface area contributed by atoms with Crippen LogP contribution >= 0.6 is 11.6 Å². The van der Waals surface area contributed by atoms with Crippen LogP contribution in [0.15, 0.2) is 24.3 Å². The molecule has 1 aromatic carbocycles. The molecule has 2 rings (SSSR count). The van der Waals surface area contributed by atoms with Crippen molar-refractivity contribution >= 4 is 17.5 Å². The van der Waals surface area contributed by atoms with Gasteiger partial charge in [-0.2, -0.15) is 0 Å². The summed E-state index contributed by atoms with van der Waals surface area (Å²) < 4.78 is 0. The molecule has 0 unspecified atom stereocenters. The summed E-state index contributed by atoms with van der Waals surface area (Å²) in [5.74, 6) is 0.783. The predicted octanol–water partition coefficient (Wildman–Crippen LogP) is 3.24. The topological polar surface area (TPSA) is 41.1 Å². The fourth-order valence-electron chi connectivity index (χ4n) is 2.78. The first-order chi connectivity index (χ1) is 9.65. The Labute approximate surface area is 126 Å². The third-order valence-electron chi connectivity index (χ3n) is 3.89. The maximum atomic E-state index is 11.9. The van der Waals surface area contributed by atoms with Crippen molar-refractivity contribution in [3.8, 4) is 0 Å². The van der Waals surface area contributed by atoms with Gasteiger partial charge >= 0.3 is 0 Å². The Hall–Kier alpha value is -1.06. The molecule has 1 amide bonds. The minimum absolute atomic E-state index is 0.0412. The highest BCUT2D eigenvalue weighted by Gasteiger charge is 2.17. The number of hydrogen-bond donors (Lipinski definition) is 2. The van der Waals surface area contributed by atoms with E-state index in [1.807, 2.05) is 0 Å². The van der Waals surface area contributed by atoms with Gasteiger partial charge < -0.3 is 10.6 Å². The number of amides is 1. The molecule has 0 radical (unpaired) electrons. The van der Waals surface area contributed by atoms with Crippen LogP contribution in [0.25, 0.3) is 0 Å². The van der Waals surface area contributed by atoms with E-state index in [1.165, 1.54) is 25.7 Å². The molecule has 110 valence electrons. The summed E-state index contributed by atoms with van der Waals surface area (Å²) in [6, 6.07) is 7.57. The third-order valence-corrected chi connectivity index (χ3v) is 4.14. The Kier molecular flexibility index (Phi) is 5.86. The minimum Gasteiger partial charge on any atom is -0.351 e. The number of carbonyl (C=O) groups excluding carboxylic acids is 1. The Balaban J connectivity index is 1.65. The van der Waals surface area contributed by atoms with E-state index in [4.69, 9.17) is 11.6 Å². The number of benzene rings is 1. The number of hydrogen-bond acceptors (Lipinski definition) is 2. The van der Waals surface area contributed by atoms with Gasteiger partial charge in [0.2, 0.25) is 0 Å². The quantitative estimate of drug-likeness (QED) is 0.819. The van der Waals surface area contributed by atoms with Crippen LogP contribution < -0.4 is 10.6 Å². The van der Waals surface area contributed by atoms with Crippen LogP contribution in [0.3, 0.4) is 0 Å². The highest BCUT2D eigenvalue weighted by Crippen LogP contribution is 2.23. The zero-order valence-electron chi connectivity index (χ0n) is 12.0. The summed E-state index contributed by atoms with van der Waals surface area (Å²) >= 11 is 5.80. The van der Waals surface area contributed by atoms with Crippen molar-refractivity contribution in [2.45, 2.75) is 38.6 Å². The zero-order chi connectivity index (χ0) is 14.4. The lowest BCUT2D eigenvalue weighted by Gasteiger charge is -2.27. The molecule has 0 heterocycles. The van der Waals surface area contributed by atoms with Gasteiger partial charge in [0.15, 0.2) is 0 Å². The highest BCUT2D eigenvalue weighted by atomic mass is 35.5. The molecule has 0 aliphatic heterocycles. The molecule has 0 bridgehead atoms. The molecule has 3 nitrogen and oxygen atoms in total. The monoisotopic (exact) mass is 294 g/mol. The summed E-state index contributed by atoms with van der Waals surface area (Å²) in [5, 5.41) is 7.10. The van der Waals surface area contributed by atoms with Gasteiger partial charge in [0, 0.05) is 29.7 Å². The van der Waals surface area contributed by atoms with Crippen molar-refractivity contribution in [3.05, 3.63) is 34.9 Å². The first-order valence-electron chi connectivity index (χ1n) is 7.42. The van der Waals surface area contributed by atoms with Crippen LogP contribution in [-0.4, -0.2) is 25.0 Å². The van der Waals surface area contributed by atoms with Crippen molar-refractivity contribution in [2.24, 2.45) is 5.92 Å². The first kappa shape index (κ1) is 15.3. The van der Waals surface area contributed by atoms with Crippen LogP contribution in [-0.2, 0) is 0 Å². The van der Waals surface area contributed by atoms with Crippen molar-refractivity contribution < 1.29 is 4.79 Å². The maximum Gasteiger partial charge on any atom is 0.251 e. The second kappa shape index (κ2) is 7.65. The molecule has 0 aromatic heterocycles. The van der Waals surface area contributed by atoms with Crippen LogP contribution in [0, 0.1) is 5.92 Å². The number of carbonyl (C=O) groups is 1. The van der Waals surface area contributed by atoms with Crippen molar-refractivity contribution in [1.29, 1.82) is 0 Å². The predicted molar refractivity (Wildman–Crippen MR) is 83.2 cm³/mol. The number of rotatable bonds is 5. The second-order valence-electron chi connectivity index (χ2n) is 5.69. The lowest BCUT2D eigenvalue weighted by Crippen LogP contribution is -2.39. The summed E-state index contributed by atoms with van der Waals surface area (Å²) in [4.78, 5) is 11.9. The van der Waals surface area contributed by atoms with Crippen molar-refractivity contribution in [2.75, 3.05) is 13.1 Å². The SMILES string of the molecule is C[C@@H]1CCC[C@H](NCCNC(=O)c2ccc(Cl)cc2)C1. The minimum atomic E-state index is -0.0412. The van der Waals surface area contributed by atoms with E-state index in [1.54, 1.807) is 24.3 Å². The zero-order valence-corrected chi connectivity index (χ0v) is 12.7. The average molecular weight is 295 g/mol. The van der Waals surface area contributed by atoms with Gasteiger partial charge in [-0.05, 0) is 43.0 Å². The Morgan fingerprint density at radius 3 is 2.70 bits per heavy atom. The molecule has 2 N–H and O–H groups in total. The molecule has 1 aliphatic carbocycles. The van der Waals surface area contributed by atoms with Crippen LogP contribution in [0.5, 0.6) is 0 Å². The lowest BCUT2D eigenvalue weighted by molar-refractivity contribution is 0.0953. The first-order valence-corrected chi connectivity index (χ1v) is 7.80. The Morgan fingerprint density at radius 2 is 2.00 bits per heavy atom. The molecular weight excluding hydrogens is 272 g/mol. The molecular formula is C16H23ClN2O. The molecule has 4 heteroatoms. The number of halogens is 1. The fourth-order valence-corrected chi connectivity index (χ4v) is 2.90. The van der Waals surface area contributed by atoms with Gasteiger partial charge in [-0.25, -0.2) is 0 Å². The summed E-state index contributed by atoms with van der Waals surface area (Å²) in [6.07, 6.45) is 5.18. The van der Waals surface area contributed by atoms with Crippen LogP contribution in [0.2, 0.25) is 5.02 Å². The Morgan fingerprint density at radius 1 is 1.25 bits per heavy atom. The van der Waals surface area contributed by atoms with E-state index in [9.17, 15) is 4.79 Å². The normalized spacial score (nSPS) is 22.5. The highest BCUT2D eigenvalue weighted by molar-refractivity contribution is 6.30. The van der Waals surface area contributed by atoms with E-state index in [0.29, 0.717) is 23.2 Å². The second-order valence-corrected chi connectivity index (χ2v) is 6.12. The molecule has 2 atom stereocenters. The van der Waals surface area contributed by atoms with E-state index in [0.717, 1.165) is 12.5 Å². The van der Waals surface area contributed by atoms with Gasteiger partial charge in [-0.1, -0.05) is 31.4 Å². The third kappa shape index (κ3) is 4.80. The molecule has 0 spiro atoms. The smallest absolute Gasteiger partial charge is 0.251 e.